The van der Waals surface area contributed by atoms with Gasteiger partial charge in [-0.05, 0) is 43.9 Å². The Morgan fingerprint density at radius 1 is 1.35 bits per heavy atom. The van der Waals surface area contributed by atoms with Crippen LogP contribution >= 0.6 is 0 Å². The Hall–Kier alpha value is -1.35. The number of aryl methyl sites for hydroxylation is 1. The topological polar surface area (TPSA) is 29.9 Å². The van der Waals surface area contributed by atoms with E-state index in [1.807, 2.05) is 0 Å². The number of fused-ring (bicyclic) bond motifs is 1. The van der Waals surface area contributed by atoms with Crippen molar-refractivity contribution in [1.29, 1.82) is 0 Å². The van der Waals surface area contributed by atoms with Crippen molar-refractivity contribution in [2.75, 3.05) is 6.54 Å². The summed E-state index contributed by atoms with van der Waals surface area (Å²) in [5.41, 5.74) is 2.42. The predicted octanol–water partition coefficient (Wildman–Crippen LogP) is 3.38. The SMILES string of the molecule is CCCc1nc2ccccc2n1CC(C)CNC1CC1. The first kappa shape index (κ1) is 13.6. The van der Waals surface area contributed by atoms with Crippen LogP contribution in [-0.4, -0.2) is 22.1 Å². The molecule has 3 nitrogen and oxygen atoms in total. The first-order valence-electron chi connectivity index (χ1n) is 7.95. The Labute approximate surface area is 121 Å². The third-order valence-electron chi connectivity index (χ3n) is 4.03. The first-order chi connectivity index (χ1) is 9.78. The zero-order valence-corrected chi connectivity index (χ0v) is 12.6. The van der Waals surface area contributed by atoms with E-state index in [2.05, 4.69) is 48.0 Å². The molecule has 1 aromatic heterocycles. The van der Waals surface area contributed by atoms with Gasteiger partial charge in [0.25, 0.3) is 0 Å². The van der Waals surface area contributed by atoms with Crippen LogP contribution in [0.5, 0.6) is 0 Å². The molecule has 1 N–H and O–H groups in total. The summed E-state index contributed by atoms with van der Waals surface area (Å²) in [6.07, 6.45) is 4.94. The van der Waals surface area contributed by atoms with Gasteiger partial charge >= 0.3 is 0 Å². The summed E-state index contributed by atoms with van der Waals surface area (Å²) < 4.78 is 2.43. The van der Waals surface area contributed by atoms with Gasteiger partial charge in [-0.1, -0.05) is 26.0 Å². The van der Waals surface area contributed by atoms with Crippen molar-refractivity contribution in [1.82, 2.24) is 14.9 Å². The van der Waals surface area contributed by atoms with Crippen LogP contribution < -0.4 is 5.32 Å². The van der Waals surface area contributed by atoms with E-state index in [1.165, 1.54) is 24.2 Å². The zero-order valence-electron chi connectivity index (χ0n) is 12.6. The number of nitrogens with zero attached hydrogens (tertiary/aromatic N) is 2. The van der Waals surface area contributed by atoms with Crippen LogP contribution in [0.2, 0.25) is 0 Å². The summed E-state index contributed by atoms with van der Waals surface area (Å²) in [5, 5.41) is 3.63. The van der Waals surface area contributed by atoms with Crippen molar-refractivity contribution in [3.63, 3.8) is 0 Å². The lowest BCUT2D eigenvalue weighted by atomic mass is 10.1. The number of benzene rings is 1. The molecule has 20 heavy (non-hydrogen) atoms. The molecule has 3 rings (SSSR count). The van der Waals surface area contributed by atoms with Gasteiger partial charge in [-0.3, -0.25) is 0 Å². The van der Waals surface area contributed by atoms with Crippen molar-refractivity contribution in [2.45, 2.75) is 52.1 Å². The third kappa shape index (κ3) is 3.04. The second kappa shape index (κ2) is 5.96. The molecule has 0 aliphatic heterocycles. The number of aromatic nitrogens is 2. The number of rotatable bonds is 7. The van der Waals surface area contributed by atoms with Gasteiger partial charge in [-0.15, -0.1) is 0 Å². The largest absolute Gasteiger partial charge is 0.328 e. The minimum absolute atomic E-state index is 0.642. The highest BCUT2D eigenvalue weighted by Crippen LogP contribution is 2.21. The molecule has 0 amide bonds. The molecule has 2 aromatic rings. The molecule has 0 spiro atoms. The van der Waals surface area contributed by atoms with Crippen molar-refractivity contribution < 1.29 is 0 Å². The minimum atomic E-state index is 0.642. The van der Waals surface area contributed by atoms with Gasteiger partial charge in [-0.2, -0.15) is 0 Å². The van der Waals surface area contributed by atoms with Gasteiger partial charge in [0.05, 0.1) is 11.0 Å². The maximum Gasteiger partial charge on any atom is 0.109 e. The van der Waals surface area contributed by atoms with Crippen LogP contribution in [-0.2, 0) is 13.0 Å². The summed E-state index contributed by atoms with van der Waals surface area (Å²) in [4.78, 5) is 4.81. The van der Waals surface area contributed by atoms with Crippen LogP contribution in [0, 0.1) is 5.92 Å². The van der Waals surface area contributed by atoms with Crippen molar-refractivity contribution >= 4 is 11.0 Å². The average molecular weight is 271 g/mol. The van der Waals surface area contributed by atoms with Gasteiger partial charge in [0, 0.05) is 19.0 Å². The number of hydrogen-bond acceptors (Lipinski definition) is 2. The van der Waals surface area contributed by atoms with E-state index in [4.69, 9.17) is 4.98 Å². The number of imidazole rings is 1. The molecule has 1 aliphatic carbocycles. The van der Waals surface area contributed by atoms with Crippen molar-refractivity contribution in [3.05, 3.63) is 30.1 Å². The van der Waals surface area contributed by atoms with Crippen LogP contribution in [0.1, 0.15) is 38.9 Å². The van der Waals surface area contributed by atoms with Crippen LogP contribution in [0.15, 0.2) is 24.3 Å². The molecule has 0 radical (unpaired) electrons. The van der Waals surface area contributed by atoms with Gasteiger partial charge < -0.3 is 9.88 Å². The quantitative estimate of drug-likeness (QED) is 0.836. The van der Waals surface area contributed by atoms with Crippen LogP contribution in [0.25, 0.3) is 11.0 Å². The fourth-order valence-electron chi connectivity index (χ4n) is 2.78. The number of hydrogen-bond donors (Lipinski definition) is 1. The monoisotopic (exact) mass is 271 g/mol. The van der Waals surface area contributed by atoms with Crippen LogP contribution in [0.3, 0.4) is 0 Å². The van der Waals surface area contributed by atoms with E-state index in [1.54, 1.807) is 0 Å². The second-order valence-corrected chi connectivity index (χ2v) is 6.17. The molecular weight excluding hydrogens is 246 g/mol. The first-order valence-corrected chi connectivity index (χ1v) is 7.95. The van der Waals surface area contributed by atoms with Gasteiger partial charge in [0.1, 0.15) is 5.82 Å². The fourth-order valence-corrected chi connectivity index (χ4v) is 2.78. The molecule has 1 heterocycles. The van der Waals surface area contributed by atoms with E-state index < -0.39 is 0 Å². The molecule has 1 fully saturated rings. The molecule has 108 valence electrons. The van der Waals surface area contributed by atoms with E-state index in [0.717, 1.165) is 37.5 Å². The Morgan fingerprint density at radius 3 is 2.90 bits per heavy atom. The Bertz CT molecular complexity index is 569. The lowest BCUT2D eigenvalue weighted by Crippen LogP contribution is -2.26. The van der Waals surface area contributed by atoms with Crippen molar-refractivity contribution in [3.8, 4) is 0 Å². The second-order valence-electron chi connectivity index (χ2n) is 6.17. The van der Waals surface area contributed by atoms with E-state index in [0.29, 0.717) is 5.92 Å². The molecular formula is C17H25N3. The van der Waals surface area contributed by atoms with E-state index >= 15 is 0 Å². The standard InChI is InChI=1S/C17H25N3/c1-3-6-17-19-15-7-4-5-8-16(15)20(17)12-13(2)11-18-14-9-10-14/h4-5,7-8,13-14,18H,3,6,9-12H2,1-2H3. The lowest BCUT2D eigenvalue weighted by molar-refractivity contribution is 0.441. The summed E-state index contributed by atoms with van der Waals surface area (Å²) in [7, 11) is 0. The maximum absolute atomic E-state index is 4.81. The minimum Gasteiger partial charge on any atom is -0.328 e. The van der Waals surface area contributed by atoms with Gasteiger partial charge in [0.15, 0.2) is 0 Å². The average Bonchev–Trinajstić information content (AvgIpc) is 3.22. The predicted molar refractivity (Wildman–Crippen MR) is 83.9 cm³/mol. The van der Waals surface area contributed by atoms with Crippen molar-refractivity contribution in [2.24, 2.45) is 5.92 Å². The Balaban J connectivity index is 1.78. The third-order valence-corrected chi connectivity index (χ3v) is 4.03. The smallest absolute Gasteiger partial charge is 0.109 e. The molecule has 1 atom stereocenters. The summed E-state index contributed by atoms with van der Waals surface area (Å²) in [6, 6.07) is 9.31. The number of nitrogens with one attached hydrogen (secondary N) is 1. The molecule has 0 saturated heterocycles. The van der Waals surface area contributed by atoms with Gasteiger partial charge in [-0.25, -0.2) is 4.98 Å². The van der Waals surface area contributed by atoms with Crippen LogP contribution in [0.4, 0.5) is 0 Å². The molecule has 3 heteroatoms. The molecule has 0 bridgehead atoms. The normalized spacial score (nSPS) is 16.7. The molecule has 1 aliphatic rings. The molecule has 1 unspecified atom stereocenters. The van der Waals surface area contributed by atoms with E-state index in [-0.39, 0.29) is 0 Å². The Kier molecular flexibility index (Phi) is 4.06. The lowest BCUT2D eigenvalue weighted by Gasteiger charge is -2.16. The highest BCUT2D eigenvalue weighted by Gasteiger charge is 2.21. The summed E-state index contributed by atoms with van der Waals surface area (Å²) in [5.74, 6) is 1.88. The summed E-state index contributed by atoms with van der Waals surface area (Å²) in [6.45, 7) is 6.74. The zero-order chi connectivity index (χ0) is 13.9. The maximum atomic E-state index is 4.81. The fraction of sp³-hybridized carbons (Fsp3) is 0.588. The number of para-hydroxylation sites is 2. The van der Waals surface area contributed by atoms with Gasteiger partial charge in [0.2, 0.25) is 0 Å². The van der Waals surface area contributed by atoms with E-state index in [9.17, 15) is 0 Å². The summed E-state index contributed by atoms with van der Waals surface area (Å²) >= 11 is 0. The Morgan fingerprint density at radius 2 is 2.15 bits per heavy atom. The highest BCUT2D eigenvalue weighted by molar-refractivity contribution is 5.75. The highest BCUT2D eigenvalue weighted by atomic mass is 15.1. The molecule has 1 saturated carbocycles. The molecule has 1 aromatic carbocycles.